The molecule has 1 saturated carbocycles. The van der Waals surface area contributed by atoms with Crippen molar-refractivity contribution in [3.8, 4) is 0 Å². The van der Waals surface area contributed by atoms with E-state index in [2.05, 4.69) is 25.1 Å². The molecule has 0 bridgehead atoms. The fourth-order valence-corrected chi connectivity index (χ4v) is 3.57. The molecule has 2 fully saturated rings. The molecular formula is C17H31Cl3N6O. The average Bonchev–Trinajstić information content (AvgIpc) is 2.63. The Morgan fingerprint density at radius 3 is 2.41 bits per heavy atom. The molecule has 1 aromatic rings. The Morgan fingerprint density at radius 1 is 1.11 bits per heavy atom. The SMILES string of the molecule is Cl.Cl.Cl.NC1CCCC(C(=O)NCCN2CCN(c3ncccn3)CC2)C1. The van der Waals surface area contributed by atoms with E-state index < -0.39 is 0 Å². The molecule has 1 saturated heterocycles. The molecular weight excluding hydrogens is 411 g/mol. The highest BCUT2D eigenvalue weighted by Gasteiger charge is 2.25. The van der Waals surface area contributed by atoms with Crippen LogP contribution >= 0.6 is 37.2 Å². The summed E-state index contributed by atoms with van der Waals surface area (Å²) < 4.78 is 0. The summed E-state index contributed by atoms with van der Waals surface area (Å²) in [5.74, 6) is 1.10. The number of hydrogen-bond acceptors (Lipinski definition) is 6. The minimum atomic E-state index is 0. The summed E-state index contributed by atoms with van der Waals surface area (Å²) in [5.41, 5.74) is 5.97. The largest absolute Gasteiger partial charge is 0.355 e. The molecule has 3 N–H and O–H groups in total. The number of aromatic nitrogens is 2. The Morgan fingerprint density at radius 2 is 1.78 bits per heavy atom. The molecule has 1 aliphatic heterocycles. The Kier molecular flexibility index (Phi) is 12.9. The van der Waals surface area contributed by atoms with Gasteiger partial charge in [0.05, 0.1) is 0 Å². The van der Waals surface area contributed by atoms with Gasteiger partial charge in [0, 0.05) is 63.6 Å². The molecule has 10 heteroatoms. The first-order valence-electron chi connectivity index (χ1n) is 9.00. The molecule has 2 aliphatic rings. The Hall–Kier alpha value is -0.860. The van der Waals surface area contributed by atoms with E-state index in [1.54, 1.807) is 12.4 Å². The summed E-state index contributed by atoms with van der Waals surface area (Å²) in [6, 6.07) is 2.03. The fourth-order valence-electron chi connectivity index (χ4n) is 3.57. The molecule has 3 rings (SSSR count). The van der Waals surface area contributed by atoms with Crippen LogP contribution in [0.25, 0.3) is 0 Å². The molecule has 0 spiro atoms. The van der Waals surface area contributed by atoms with Crippen molar-refractivity contribution in [1.29, 1.82) is 0 Å². The van der Waals surface area contributed by atoms with Gasteiger partial charge < -0.3 is 16.0 Å². The van der Waals surface area contributed by atoms with Gasteiger partial charge in [-0.3, -0.25) is 9.69 Å². The minimum absolute atomic E-state index is 0. The smallest absolute Gasteiger partial charge is 0.225 e. The number of anilines is 1. The molecule has 2 unspecified atom stereocenters. The lowest BCUT2D eigenvalue weighted by molar-refractivity contribution is -0.126. The number of halogens is 3. The third kappa shape index (κ3) is 7.95. The van der Waals surface area contributed by atoms with E-state index in [9.17, 15) is 4.79 Å². The van der Waals surface area contributed by atoms with Crippen LogP contribution in [0.1, 0.15) is 25.7 Å². The second-order valence-corrected chi connectivity index (χ2v) is 6.79. The van der Waals surface area contributed by atoms with Crippen LogP contribution in [0.3, 0.4) is 0 Å². The van der Waals surface area contributed by atoms with Gasteiger partial charge in [0.15, 0.2) is 0 Å². The highest BCUT2D eigenvalue weighted by atomic mass is 35.5. The topological polar surface area (TPSA) is 87.4 Å². The summed E-state index contributed by atoms with van der Waals surface area (Å²) in [5, 5.41) is 3.09. The minimum Gasteiger partial charge on any atom is -0.355 e. The van der Waals surface area contributed by atoms with E-state index in [0.29, 0.717) is 6.54 Å². The van der Waals surface area contributed by atoms with Crippen LogP contribution in [-0.4, -0.2) is 66.1 Å². The second kappa shape index (κ2) is 13.3. The monoisotopic (exact) mass is 440 g/mol. The molecule has 1 aromatic heterocycles. The van der Waals surface area contributed by atoms with Crippen LogP contribution in [0.5, 0.6) is 0 Å². The molecule has 2 heterocycles. The zero-order valence-corrected chi connectivity index (χ0v) is 17.9. The number of nitrogens with two attached hydrogens (primary N) is 1. The molecule has 27 heavy (non-hydrogen) atoms. The second-order valence-electron chi connectivity index (χ2n) is 6.79. The van der Waals surface area contributed by atoms with Crippen LogP contribution in [0.2, 0.25) is 0 Å². The van der Waals surface area contributed by atoms with Crippen molar-refractivity contribution in [2.45, 2.75) is 31.7 Å². The number of nitrogens with one attached hydrogen (secondary N) is 1. The summed E-state index contributed by atoms with van der Waals surface area (Å²) in [6.45, 7) is 5.41. The number of rotatable bonds is 5. The lowest BCUT2D eigenvalue weighted by Gasteiger charge is -2.34. The quantitative estimate of drug-likeness (QED) is 0.720. The number of hydrogen-bond donors (Lipinski definition) is 2. The maximum atomic E-state index is 12.2. The van der Waals surface area contributed by atoms with Crippen LogP contribution in [0.15, 0.2) is 18.5 Å². The van der Waals surface area contributed by atoms with Gasteiger partial charge in [-0.15, -0.1) is 37.2 Å². The predicted molar refractivity (Wildman–Crippen MR) is 115 cm³/mol. The van der Waals surface area contributed by atoms with Gasteiger partial charge in [0.2, 0.25) is 11.9 Å². The van der Waals surface area contributed by atoms with Gasteiger partial charge in [-0.05, 0) is 25.3 Å². The van der Waals surface area contributed by atoms with Crippen molar-refractivity contribution in [3.05, 3.63) is 18.5 Å². The van der Waals surface area contributed by atoms with Crippen molar-refractivity contribution < 1.29 is 4.79 Å². The van der Waals surface area contributed by atoms with Gasteiger partial charge in [-0.25, -0.2) is 9.97 Å². The number of carbonyl (C=O) groups is 1. The number of nitrogens with zero attached hydrogens (tertiary/aromatic N) is 4. The molecule has 2 atom stereocenters. The first-order valence-corrected chi connectivity index (χ1v) is 9.00. The number of amides is 1. The normalized spacial score (nSPS) is 22.6. The van der Waals surface area contributed by atoms with Crippen LogP contribution < -0.4 is 16.0 Å². The lowest BCUT2D eigenvalue weighted by Crippen LogP contribution is -2.49. The molecule has 156 valence electrons. The van der Waals surface area contributed by atoms with Crippen molar-refractivity contribution in [1.82, 2.24) is 20.2 Å². The standard InChI is InChI=1S/C17H28N6O.3ClH/c18-15-4-1-3-14(13-15)16(24)19-7-8-22-9-11-23(12-10-22)17-20-5-2-6-21-17;;;/h2,5-6,14-15H,1,3-4,7-13,18H2,(H,19,24);3*1H. The first-order chi connectivity index (χ1) is 11.7. The maximum absolute atomic E-state index is 12.2. The molecule has 1 amide bonds. The van der Waals surface area contributed by atoms with Gasteiger partial charge in [0.1, 0.15) is 0 Å². The van der Waals surface area contributed by atoms with Crippen molar-refractivity contribution >= 4 is 49.1 Å². The fraction of sp³-hybridized carbons (Fsp3) is 0.706. The van der Waals surface area contributed by atoms with Crippen LogP contribution in [0, 0.1) is 5.92 Å². The van der Waals surface area contributed by atoms with E-state index in [-0.39, 0.29) is 55.1 Å². The highest BCUT2D eigenvalue weighted by molar-refractivity contribution is 5.86. The van der Waals surface area contributed by atoms with Gasteiger partial charge >= 0.3 is 0 Å². The molecule has 0 aromatic carbocycles. The van der Waals surface area contributed by atoms with Gasteiger partial charge in [-0.2, -0.15) is 0 Å². The van der Waals surface area contributed by atoms with Crippen molar-refractivity contribution in [3.63, 3.8) is 0 Å². The maximum Gasteiger partial charge on any atom is 0.225 e. The van der Waals surface area contributed by atoms with E-state index in [4.69, 9.17) is 5.73 Å². The van der Waals surface area contributed by atoms with E-state index in [1.165, 1.54) is 0 Å². The van der Waals surface area contributed by atoms with Crippen molar-refractivity contribution in [2.24, 2.45) is 11.7 Å². The molecule has 0 radical (unpaired) electrons. The third-order valence-corrected chi connectivity index (χ3v) is 5.02. The highest BCUT2D eigenvalue weighted by Crippen LogP contribution is 2.23. The van der Waals surface area contributed by atoms with E-state index in [0.717, 1.165) is 64.4 Å². The van der Waals surface area contributed by atoms with Gasteiger partial charge in [0.25, 0.3) is 0 Å². The Bertz CT molecular complexity index is 531. The zero-order valence-electron chi connectivity index (χ0n) is 15.5. The number of piperazine rings is 1. The van der Waals surface area contributed by atoms with Gasteiger partial charge in [-0.1, -0.05) is 6.42 Å². The third-order valence-electron chi connectivity index (χ3n) is 5.02. The lowest BCUT2D eigenvalue weighted by atomic mass is 9.85. The summed E-state index contributed by atoms with van der Waals surface area (Å²) >= 11 is 0. The molecule has 7 nitrogen and oxygen atoms in total. The number of carbonyl (C=O) groups excluding carboxylic acids is 1. The van der Waals surface area contributed by atoms with Crippen LogP contribution in [-0.2, 0) is 4.79 Å². The van der Waals surface area contributed by atoms with E-state index in [1.807, 2.05) is 6.07 Å². The summed E-state index contributed by atoms with van der Waals surface area (Å²) in [4.78, 5) is 25.4. The first kappa shape index (κ1) is 26.1. The Labute approximate surface area is 180 Å². The summed E-state index contributed by atoms with van der Waals surface area (Å²) in [7, 11) is 0. The predicted octanol–water partition coefficient (Wildman–Crippen LogP) is 1.50. The Balaban J connectivity index is 0.00000225. The average molecular weight is 442 g/mol. The van der Waals surface area contributed by atoms with Crippen molar-refractivity contribution in [2.75, 3.05) is 44.2 Å². The summed E-state index contributed by atoms with van der Waals surface area (Å²) in [6.07, 6.45) is 7.50. The van der Waals surface area contributed by atoms with Crippen LogP contribution in [0.4, 0.5) is 5.95 Å². The van der Waals surface area contributed by atoms with E-state index >= 15 is 0 Å². The molecule has 1 aliphatic carbocycles. The zero-order chi connectivity index (χ0) is 16.8.